The Labute approximate surface area is 148 Å². The smallest absolute Gasteiger partial charge is 0.316 e. The molecular formula is C20H24N4O. The molecule has 25 heavy (non-hydrogen) atoms. The van der Waals surface area contributed by atoms with Crippen molar-refractivity contribution in [2.75, 3.05) is 11.9 Å². The SMILES string of the molecule is Cc1ncc(C)c(NC(=O)N2CC3(CCCC3)C2c2ccccc2)n1. The summed E-state index contributed by atoms with van der Waals surface area (Å²) in [6.45, 7) is 4.58. The van der Waals surface area contributed by atoms with Crippen molar-refractivity contribution < 1.29 is 4.79 Å². The molecule has 130 valence electrons. The lowest BCUT2D eigenvalue weighted by atomic mass is 9.67. The Morgan fingerprint density at radius 1 is 1.20 bits per heavy atom. The average Bonchev–Trinajstić information content (AvgIpc) is 3.09. The van der Waals surface area contributed by atoms with Crippen LogP contribution in [-0.2, 0) is 0 Å². The first-order valence-corrected chi connectivity index (χ1v) is 9.02. The van der Waals surface area contributed by atoms with Crippen molar-refractivity contribution >= 4 is 11.8 Å². The summed E-state index contributed by atoms with van der Waals surface area (Å²) in [6, 6.07) is 10.5. The number of rotatable bonds is 2. The highest BCUT2D eigenvalue weighted by atomic mass is 16.2. The number of nitrogens with one attached hydrogen (secondary N) is 1. The molecule has 1 spiro atoms. The number of carbonyl (C=O) groups is 1. The van der Waals surface area contributed by atoms with E-state index in [0.717, 1.165) is 12.1 Å². The number of aryl methyl sites for hydroxylation is 2. The van der Waals surface area contributed by atoms with Gasteiger partial charge in [0.2, 0.25) is 0 Å². The van der Waals surface area contributed by atoms with Crippen molar-refractivity contribution in [1.82, 2.24) is 14.9 Å². The van der Waals surface area contributed by atoms with Crippen molar-refractivity contribution in [1.29, 1.82) is 0 Å². The number of aromatic nitrogens is 2. The molecule has 0 bridgehead atoms. The van der Waals surface area contributed by atoms with Crippen LogP contribution in [0.4, 0.5) is 10.6 Å². The molecule has 5 heteroatoms. The van der Waals surface area contributed by atoms with Crippen molar-refractivity contribution in [3.8, 4) is 0 Å². The van der Waals surface area contributed by atoms with E-state index < -0.39 is 0 Å². The van der Waals surface area contributed by atoms with Gasteiger partial charge in [-0.1, -0.05) is 43.2 Å². The van der Waals surface area contributed by atoms with E-state index in [1.165, 1.54) is 31.2 Å². The van der Waals surface area contributed by atoms with Crippen LogP contribution < -0.4 is 5.32 Å². The molecular weight excluding hydrogens is 312 g/mol. The van der Waals surface area contributed by atoms with Gasteiger partial charge in [0, 0.05) is 23.7 Å². The number of amides is 2. The lowest BCUT2D eigenvalue weighted by molar-refractivity contribution is -0.0353. The normalized spacial score (nSPS) is 21.2. The highest BCUT2D eigenvalue weighted by molar-refractivity contribution is 5.90. The van der Waals surface area contributed by atoms with Crippen LogP contribution in [0.2, 0.25) is 0 Å². The molecule has 2 aliphatic rings. The van der Waals surface area contributed by atoms with Crippen LogP contribution in [0.3, 0.4) is 0 Å². The predicted molar refractivity (Wildman–Crippen MR) is 97.3 cm³/mol. The molecule has 1 saturated heterocycles. The van der Waals surface area contributed by atoms with Crippen molar-refractivity contribution in [3.05, 3.63) is 53.5 Å². The summed E-state index contributed by atoms with van der Waals surface area (Å²) in [5.41, 5.74) is 2.38. The third-order valence-electron chi connectivity index (χ3n) is 5.67. The summed E-state index contributed by atoms with van der Waals surface area (Å²) >= 11 is 0. The standard InChI is InChI=1S/C20H24N4O/c1-14-12-21-15(2)22-18(14)23-19(25)24-13-20(10-6-7-11-20)17(24)16-8-4-3-5-9-16/h3-5,8-9,12,17H,6-7,10-11,13H2,1-2H3,(H,21,22,23,25). The van der Waals surface area contributed by atoms with Gasteiger partial charge in [0.05, 0.1) is 6.04 Å². The summed E-state index contributed by atoms with van der Waals surface area (Å²) < 4.78 is 0. The van der Waals surface area contributed by atoms with Gasteiger partial charge in [-0.25, -0.2) is 14.8 Å². The maximum atomic E-state index is 12.9. The maximum absolute atomic E-state index is 12.9. The number of nitrogens with zero attached hydrogens (tertiary/aromatic N) is 3. The summed E-state index contributed by atoms with van der Waals surface area (Å²) in [6.07, 6.45) is 6.71. The zero-order valence-electron chi connectivity index (χ0n) is 14.8. The number of benzene rings is 1. The van der Waals surface area contributed by atoms with Crippen LogP contribution in [0.5, 0.6) is 0 Å². The molecule has 1 aliphatic carbocycles. The van der Waals surface area contributed by atoms with Gasteiger partial charge in [0.25, 0.3) is 0 Å². The first-order valence-electron chi connectivity index (χ1n) is 9.02. The Balaban J connectivity index is 1.59. The summed E-state index contributed by atoms with van der Waals surface area (Å²) in [7, 11) is 0. The fourth-order valence-electron chi connectivity index (χ4n) is 4.43. The van der Waals surface area contributed by atoms with Crippen LogP contribution >= 0.6 is 0 Å². The number of likely N-dealkylation sites (tertiary alicyclic amines) is 1. The number of hydrogen-bond donors (Lipinski definition) is 1. The zero-order valence-corrected chi connectivity index (χ0v) is 14.8. The van der Waals surface area contributed by atoms with Gasteiger partial charge in [-0.05, 0) is 32.3 Å². The van der Waals surface area contributed by atoms with Crippen LogP contribution in [0.1, 0.15) is 48.7 Å². The van der Waals surface area contributed by atoms with Gasteiger partial charge in [-0.3, -0.25) is 5.32 Å². The van der Waals surface area contributed by atoms with Crippen LogP contribution in [0, 0.1) is 19.3 Å². The van der Waals surface area contributed by atoms with Crippen LogP contribution in [0.25, 0.3) is 0 Å². The topological polar surface area (TPSA) is 58.1 Å². The van der Waals surface area contributed by atoms with E-state index >= 15 is 0 Å². The van der Waals surface area contributed by atoms with E-state index in [9.17, 15) is 4.79 Å². The molecule has 1 N–H and O–H groups in total. The summed E-state index contributed by atoms with van der Waals surface area (Å²) in [5, 5.41) is 2.99. The average molecular weight is 336 g/mol. The van der Waals surface area contributed by atoms with E-state index in [-0.39, 0.29) is 17.5 Å². The summed E-state index contributed by atoms with van der Waals surface area (Å²) in [4.78, 5) is 23.4. The maximum Gasteiger partial charge on any atom is 0.323 e. The third kappa shape index (κ3) is 2.77. The van der Waals surface area contributed by atoms with Crippen molar-refractivity contribution in [2.24, 2.45) is 5.41 Å². The molecule has 0 radical (unpaired) electrons. The lowest BCUT2D eigenvalue weighted by Gasteiger charge is -2.56. The first-order chi connectivity index (χ1) is 12.1. The Hall–Kier alpha value is -2.43. The molecule has 1 unspecified atom stereocenters. The number of carbonyl (C=O) groups excluding carboxylic acids is 1. The molecule has 2 fully saturated rings. The first kappa shape index (κ1) is 16.1. The molecule has 1 saturated carbocycles. The fourth-order valence-corrected chi connectivity index (χ4v) is 4.43. The van der Waals surface area contributed by atoms with Crippen molar-refractivity contribution in [3.63, 3.8) is 0 Å². The van der Waals surface area contributed by atoms with Gasteiger partial charge in [0.15, 0.2) is 0 Å². The molecule has 4 rings (SSSR count). The molecule has 1 aromatic heterocycles. The van der Waals surface area contributed by atoms with E-state index in [0.29, 0.717) is 11.6 Å². The van der Waals surface area contributed by atoms with E-state index in [1.54, 1.807) is 6.20 Å². The quantitative estimate of drug-likeness (QED) is 0.892. The Morgan fingerprint density at radius 2 is 1.92 bits per heavy atom. The highest BCUT2D eigenvalue weighted by Crippen LogP contribution is 2.58. The van der Waals surface area contributed by atoms with Gasteiger partial charge in [-0.15, -0.1) is 0 Å². The molecule has 5 nitrogen and oxygen atoms in total. The van der Waals surface area contributed by atoms with Gasteiger partial charge >= 0.3 is 6.03 Å². The largest absolute Gasteiger partial charge is 0.323 e. The Morgan fingerprint density at radius 3 is 2.64 bits per heavy atom. The van der Waals surface area contributed by atoms with Crippen LogP contribution in [-0.4, -0.2) is 27.4 Å². The highest BCUT2D eigenvalue weighted by Gasteiger charge is 2.55. The van der Waals surface area contributed by atoms with Crippen LogP contribution in [0.15, 0.2) is 36.5 Å². The minimum absolute atomic E-state index is 0.0624. The van der Waals surface area contributed by atoms with Gasteiger partial charge in [0.1, 0.15) is 11.6 Å². The third-order valence-corrected chi connectivity index (χ3v) is 5.67. The minimum atomic E-state index is -0.0624. The van der Waals surface area contributed by atoms with Crippen molar-refractivity contribution in [2.45, 2.75) is 45.6 Å². The number of anilines is 1. The summed E-state index contributed by atoms with van der Waals surface area (Å²) in [5.74, 6) is 1.27. The van der Waals surface area contributed by atoms with E-state index in [2.05, 4.69) is 39.6 Å². The predicted octanol–water partition coefficient (Wildman–Crippen LogP) is 4.24. The Kier molecular flexibility index (Phi) is 3.94. The lowest BCUT2D eigenvalue weighted by Crippen LogP contribution is -2.60. The molecule has 1 aromatic carbocycles. The monoisotopic (exact) mass is 336 g/mol. The zero-order chi connectivity index (χ0) is 17.4. The van der Waals surface area contributed by atoms with E-state index in [4.69, 9.17) is 0 Å². The second-order valence-corrected chi connectivity index (χ2v) is 7.39. The molecule has 1 aliphatic heterocycles. The molecule has 2 amide bonds. The Bertz CT molecular complexity index is 784. The molecule has 2 heterocycles. The van der Waals surface area contributed by atoms with E-state index in [1.807, 2.05) is 24.8 Å². The second-order valence-electron chi connectivity index (χ2n) is 7.39. The van der Waals surface area contributed by atoms with Gasteiger partial charge < -0.3 is 4.90 Å². The molecule has 2 aromatic rings. The van der Waals surface area contributed by atoms with Gasteiger partial charge in [-0.2, -0.15) is 0 Å². The fraction of sp³-hybridized carbons (Fsp3) is 0.450. The number of urea groups is 1. The number of hydrogen-bond acceptors (Lipinski definition) is 3. The second kappa shape index (κ2) is 6.14. The molecule has 1 atom stereocenters. The minimum Gasteiger partial charge on any atom is -0.316 e.